The molecule has 29 heavy (non-hydrogen) atoms. The van der Waals surface area contributed by atoms with Crippen molar-refractivity contribution < 1.29 is 28.2 Å². The van der Waals surface area contributed by atoms with Crippen LogP contribution in [0, 0.1) is 0 Å². The fourth-order valence-electron chi connectivity index (χ4n) is 3.69. The van der Waals surface area contributed by atoms with Crippen LogP contribution >= 0.6 is 0 Å². The minimum atomic E-state index is -0.371. The van der Waals surface area contributed by atoms with Crippen molar-refractivity contribution in [3.05, 3.63) is 83.0 Å². The Morgan fingerprint density at radius 3 is 2.59 bits per heavy atom. The van der Waals surface area contributed by atoms with Crippen LogP contribution < -0.4 is 14.2 Å². The van der Waals surface area contributed by atoms with Crippen LogP contribution in [0.5, 0.6) is 17.2 Å². The van der Waals surface area contributed by atoms with E-state index in [9.17, 15) is 9.59 Å². The van der Waals surface area contributed by atoms with Gasteiger partial charge in [0.15, 0.2) is 5.76 Å². The Bertz CT molecular complexity index is 1140. The number of Topliss-reactive ketones (excluding diaryl/α,β-unsaturated/α-hetero) is 1. The predicted molar refractivity (Wildman–Crippen MR) is 103 cm³/mol. The summed E-state index contributed by atoms with van der Waals surface area (Å²) in [5.74, 6) is 1.44. The molecule has 0 unspecified atom stereocenters. The summed E-state index contributed by atoms with van der Waals surface area (Å²) in [5, 5.41) is 0. The number of fused-ring (bicyclic) bond motifs is 3. The second-order valence-corrected chi connectivity index (χ2v) is 6.81. The number of ether oxygens (including phenoxy) is 3. The van der Waals surface area contributed by atoms with Crippen molar-refractivity contribution in [1.82, 2.24) is 0 Å². The van der Waals surface area contributed by atoms with Crippen LogP contribution in [0.2, 0.25) is 0 Å². The van der Waals surface area contributed by atoms with E-state index in [-0.39, 0.29) is 29.9 Å². The van der Waals surface area contributed by atoms with Gasteiger partial charge in [0.1, 0.15) is 23.0 Å². The molecule has 2 aliphatic rings. The van der Waals surface area contributed by atoms with Crippen LogP contribution in [0.1, 0.15) is 39.6 Å². The molecular formula is C23H16O6. The largest absolute Gasteiger partial charge is 0.497 e. The molecule has 0 saturated carbocycles. The molecule has 6 heteroatoms. The quantitative estimate of drug-likeness (QED) is 0.377. The number of ketones is 1. The summed E-state index contributed by atoms with van der Waals surface area (Å²) in [5.41, 5.74) is 1.91. The van der Waals surface area contributed by atoms with Crippen molar-refractivity contribution >= 4 is 17.8 Å². The van der Waals surface area contributed by atoms with E-state index in [1.165, 1.54) is 0 Å². The molecule has 3 heterocycles. The number of esters is 1. The number of carbonyl (C=O) groups is 2. The van der Waals surface area contributed by atoms with Gasteiger partial charge in [-0.3, -0.25) is 9.59 Å². The summed E-state index contributed by atoms with van der Waals surface area (Å²) >= 11 is 0. The third-order valence-corrected chi connectivity index (χ3v) is 5.08. The normalized spacial score (nSPS) is 18.8. The molecule has 144 valence electrons. The van der Waals surface area contributed by atoms with Crippen LogP contribution in [-0.4, -0.2) is 18.9 Å². The molecule has 0 aliphatic carbocycles. The van der Waals surface area contributed by atoms with Gasteiger partial charge >= 0.3 is 5.97 Å². The first-order valence-corrected chi connectivity index (χ1v) is 9.13. The highest BCUT2D eigenvalue weighted by atomic mass is 16.5. The highest BCUT2D eigenvalue weighted by Crippen LogP contribution is 2.49. The topological polar surface area (TPSA) is 75.0 Å². The van der Waals surface area contributed by atoms with E-state index in [0.29, 0.717) is 28.4 Å². The van der Waals surface area contributed by atoms with Gasteiger partial charge in [-0.1, -0.05) is 12.1 Å². The lowest BCUT2D eigenvalue weighted by Crippen LogP contribution is -2.21. The third kappa shape index (κ3) is 2.89. The average Bonchev–Trinajstić information content (AvgIpc) is 3.37. The second-order valence-electron chi connectivity index (χ2n) is 6.81. The first kappa shape index (κ1) is 17.3. The zero-order chi connectivity index (χ0) is 20.0. The minimum absolute atomic E-state index is 0.117. The first-order chi connectivity index (χ1) is 14.1. The van der Waals surface area contributed by atoms with Gasteiger partial charge in [0.25, 0.3) is 0 Å². The van der Waals surface area contributed by atoms with E-state index < -0.39 is 0 Å². The zero-order valence-corrected chi connectivity index (χ0v) is 15.5. The molecule has 0 radical (unpaired) electrons. The fraction of sp³-hybridized carbons (Fsp3) is 0.130. The first-order valence-electron chi connectivity index (χ1n) is 9.13. The number of carbonyl (C=O) groups excluding carboxylic acids is 2. The van der Waals surface area contributed by atoms with Crippen molar-refractivity contribution in [2.45, 2.75) is 12.3 Å². The Kier molecular flexibility index (Phi) is 3.98. The summed E-state index contributed by atoms with van der Waals surface area (Å²) in [6, 6.07) is 14.1. The molecule has 0 amide bonds. The molecule has 3 aromatic rings. The summed E-state index contributed by atoms with van der Waals surface area (Å²) in [6.07, 6.45) is 3.36. The van der Waals surface area contributed by atoms with E-state index >= 15 is 0 Å². The molecule has 2 aliphatic heterocycles. The van der Waals surface area contributed by atoms with Gasteiger partial charge in [-0.25, -0.2) is 0 Å². The molecule has 2 aromatic carbocycles. The Balaban J connectivity index is 1.57. The van der Waals surface area contributed by atoms with Gasteiger partial charge in [0.2, 0.25) is 5.78 Å². The van der Waals surface area contributed by atoms with Crippen LogP contribution in [0.3, 0.4) is 0 Å². The SMILES string of the molecule is COc1ccc(/C=C2\Oc3c(ccc4c3[C@H](c3ccco3)CC(=O)O4)C2=O)cc1. The summed E-state index contributed by atoms with van der Waals surface area (Å²) < 4.78 is 22.1. The van der Waals surface area contributed by atoms with E-state index in [1.54, 1.807) is 43.7 Å². The van der Waals surface area contributed by atoms with Crippen LogP contribution in [0.4, 0.5) is 0 Å². The van der Waals surface area contributed by atoms with Crippen LogP contribution in [-0.2, 0) is 4.79 Å². The Morgan fingerprint density at radius 1 is 1.03 bits per heavy atom. The molecule has 1 aromatic heterocycles. The number of furan rings is 1. The Labute approximate surface area is 166 Å². The van der Waals surface area contributed by atoms with Crippen LogP contribution in [0.25, 0.3) is 6.08 Å². The van der Waals surface area contributed by atoms with Crippen LogP contribution in [0.15, 0.2) is 65.0 Å². The van der Waals surface area contributed by atoms with Crippen molar-refractivity contribution in [2.75, 3.05) is 7.11 Å². The highest BCUT2D eigenvalue weighted by Gasteiger charge is 2.39. The molecule has 5 rings (SSSR count). The number of benzene rings is 2. The molecular weight excluding hydrogens is 372 g/mol. The summed E-state index contributed by atoms with van der Waals surface area (Å²) in [4.78, 5) is 25.0. The number of methoxy groups -OCH3 is 1. The maximum Gasteiger partial charge on any atom is 0.312 e. The lowest BCUT2D eigenvalue weighted by molar-refractivity contribution is -0.135. The van der Waals surface area contributed by atoms with E-state index in [1.807, 2.05) is 24.3 Å². The predicted octanol–water partition coefficient (Wildman–Crippen LogP) is 4.35. The zero-order valence-electron chi connectivity index (χ0n) is 15.5. The number of hydrogen-bond donors (Lipinski definition) is 0. The third-order valence-electron chi connectivity index (χ3n) is 5.08. The van der Waals surface area contributed by atoms with E-state index in [4.69, 9.17) is 18.6 Å². The van der Waals surface area contributed by atoms with Gasteiger partial charge in [0.05, 0.1) is 31.3 Å². The highest BCUT2D eigenvalue weighted by molar-refractivity contribution is 6.15. The van der Waals surface area contributed by atoms with E-state index in [0.717, 1.165) is 11.3 Å². The average molecular weight is 388 g/mol. The van der Waals surface area contributed by atoms with Gasteiger partial charge in [-0.2, -0.15) is 0 Å². The Hall–Kier alpha value is -3.80. The minimum Gasteiger partial charge on any atom is -0.497 e. The van der Waals surface area contributed by atoms with Crippen molar-refractivity contribution in [2.24, 2.45) is 0 Å². The molecule has 0 N–H and O–H groups in total. The van der Waals surface area contributed by atoms with Crippen molar-refractivity contribution in [1.29, 1.82) is 0 Å². The molecule has 0 spiro atoms. The molecule has 1 atom stereocenters. The monoisotopic (exact) mass is 388 g/mol. The molecule has 6 nitrogen and oxygen atoms in total. The van der Waals surface area contributed by atoms with Crippen molar-refractivity contribution in [3.8, 4) is 17.2 Å². The lowest BCUT2D eigenvalue weighted by Gasteiger charge is -2.24. The van der Waals surface area contributed by atoms with Gasteiger partial charge < -0.3 is 18.6 Å². The van der Waals surface area contributed by atoms with Crippen molar-refractivity contribution in [3.63, 3.8) is 0 Å². The molecule has 0 saturated heterocycles. The van der Waals surface area contributed by atoms with Gasteiger partial charge in [-0.15, -0.1) is 0 Å². The lowest BCUT2D eigenvalue weighted by atomic mass is 9.88. The number of rotatable bonds is 3. The fourth-order valence-corrected chi connectivity index (χ4v) is 3.69. The van der Waals surface area contributed by atoms with Gasteiger partial charge in [-0.05, 0) is 48.0 Å². The number of hydrogen-bond acceptors (Lipinski definition) is 6. The second kappa shape index (κ2) is 6.67. The summed E-state index contributed by atoms with van der Waals surface area (Å²) in [6.45, 7) is 0. The maximum atomic E-state index is 12.9. The Morgan fingerprint density at radius 2 is 1.86 bits per heavy atom. The summed E-state index contributed by atoms with van der Waals surface area (Å²) in [7, 11) is 1.60. The number of allylic oxidation sites excluding steroid dienone is 1. The van der Waals surface area contributed by atoms with Gasteiger partial charge in [0, 0.05) is 5.56 Å². The smallest absolute Gasteiger partial charge is 0.312 e. The standard InChI is InChI=1S/C23H16O6/c1-26-14-6-4-13(5-7-14)11-19-22(25)15-8-9-18-21(23(15)29-19)16(12-20(24)28-18)17-3-2-10-27-17/h2-11,16H,12H2,1H3/b19-11-/t16-/m0/s1. The van der Waals surface area contributed by atoms with E-state index in [2.05, 4.69) is 0 Å². The molecule has 0 bridgehead atoms. The maximum absolute atomic E-state index is 12.9. The molecule has 0 fully saturated rings.